The normalized spacial score (nSPS) is 12.5. The van der Waals surface area contributed by atoms with Crippen LogP contribution in [-0.4, -0.2) is 16.9 Å². The fourth-order valence-electron chi connectivity index (χ4n) is 1.07. The number of rotatable bonds is 5. The Morgan fingerprint density at radius 1 is 1.67 bits per heavy atom. The molecule has 0 unspecified atom stereocenters. The topological polar surface area (TPSA) is 81.2 Å². The van der Waals surface area contributed by atoms with Crippen molar-refractivity contribution in [3.8, 4) is 0 Å². The average molecular weight is 211 g/mol. The van der Waals surface area contributed by atoms with E-state index in [4.69, 9.17) is 10.2 Å². The average Bonchev–Trinajstić information content (AvgIpc) is 2.72. The summed E-state index contributed by atoms with van der Waals surface area (Å²) in [6, 6.07) is -0.453. The molecule has 3 N–H and O–H groups in total. The van der Waals surface area contributed by atoms with Crippen molar-refractivity contribution in [1.29, 1.82) is 0 Å². The Morgan fingerprint density at radius 2 is 2.40 bits per heavy atom. The predicted molar refractivity (Wildman–Crippen MR) is 56.0 cm³/mol. The second-order valence-corrected chi connectivity index (χ2v) is 3.31. The number of hydrogen-bond donors (Lipinski definition) is 2. The lowest BCUT2D eigenvalue weighted by Crippen LogP contribution is -2.39. The van der Waals surface area contributed by atoms with Crippen LogP contribution in [0.1, 0.15) is 31.9 Å². The summed E-state index contributed by atoms with van der Waals surface area (Å²) in [7, 11) is 0. The number of nitrogens with one attached hydrogen (secondary N) is 1. The third kappa shape index (κ3) is 3.36. The molecule has 0 aliphatic carbocycles. The summed E-state index contributed by atoms with van der Waals surface area (Å²) in [6.07, 6.45) is 3.09. The minimum atomic E-state index is -0.453. The lowest BCUT2D eigenvalue weighted by Gasteiger charge is -2.07. The zero-order chi connectivity index (χ0) is 11.3. The zero-order valence-corrected chi connectivity index (χ0v) is 9.12. The maximum absolute atomic E-state index is 11.3. The van der Waals surface area contributed by atoms with E-state index in [0.717, 1.165) is 12.2 Å². The Labute approximate surface area is 89.1 Å². The van der Waals surface area contributed by atoms with Crippen LogP contribution in [0.2, 0.25) is 0 Å². The lowest BCUT2D eigenvalue weighted by molar-refractivity contribution is -0.122. The van der Waals surface area contributed by atoms with E-state index in [1.54, 1.807) is 6.20 Å². The molecule has 5 heteroatoms. The molecule has 1 aromatic heterocycles. The first-order valence-electron chi connectivity index (χ1n) is 5.14. The minimum Gasteiger partial charge on any atom is -0.444 e. The van der Waals surface area contributed by atoms with Gasteiger partial charge >= 0.3 is 0 Å². The molecule has 0 aliphatic heterocycles. The highest BCUT2D eigenvalue weighted by molar-refractivity contribution is 5.81. The van der Waals surface area contributed by atoms with E-state index in [9.17, 15) is 4.79 Å². The molecule has 1 heterocycles. The fraction of sp³-hybridized carbons (Fsp3) is 0.600. The first kappa shape index (κ1) is 11.7. The smallest absolute Gasteiger partial charge is 0.237 e. The highest BCUT2D eigenvalue weighted by Gasteiger charge is 2.11. The van der Waals surface area contributed by atoms with Crippen molar-refractivity contribution in [3.63, 3.8) is 0 Å². The molecule has 0 fully saturated rings. The second kappa shape index (κ2) is 5.50. The number of aromatic nitrogens is 1. The van der Waals surface area contributed by atoms with Crippen LogP contribution in [0.5, 0.6) is 0 Å². The summed E-state index contributed by atoms with van der Waals surface area (Å²) in [5.74, 6) is 1.16. The number of carbonyl (C=O) groups is 1. The molecule has 0 aromatic carbocycles. The van der Waals surface area contributed by atoms with Crippen LogP contribution in [0.3, 0.4) is 0 Å². The number of nitrogens with zero attached hydrogens (tertiary/aromatic N) is 1. The van der Waals surface area contributed by atoms with E-state index >= 15 is 0 Å². The Hall–Kier alpha value is -1.36. The summed E-state index contributed by atoms with van der Waals surface area (Å²) in [5.41, 5.74) is 5.55. The van der Waals surface area contributed by atoms with Gasteiger partial charge in [0.05, 0.1) is 18.8 Å². The van der Waals surface area contributed by atoms with Crippen molar-refractivity contribution in [2.24, 2.45) is 5.73 Å². The molecule has 1 rings (SSSR count). The molecule has 0 saturated heterocycles. The van der Waals surface area contributed by atoms with Gasteiger partial charge < -0.3 is 15.5 Å². The van der Waals surface area contributed by atoms with Gasteiger partial charge in [-0.15, -0.1) is 0 Å². The van der Waals surface area contributed by atoms with Gasteiger partial charge in [-0.25, -0.2) is 4.98 Å². The van der Waals surface area contributed by atoms with Crippen molar-refractivity contribution >= 4 is 5.91 Å². The molecule has 1 aromatic rings. The van der Waals surface area contributed by atoms with Gasteiger partial charge in [0.15, 0.2) is 0 Å². The van der Waals surface area contributed by atoms with E-state index < -0.39 is 6.04 Å². The van der Waals surface area contributed by atoms with Gasteiger partial charge in [0, 0.05) is 6.42 Å². The number of amides is 1. The molecule has 0 bridgehead atoms. The summed E-state index contributed by atoms with van der Waals surface area (Å²) in [5, 5.41) is 2.67. The van der Waals surface area contributed by atoms with Crippen molar-refractivity contribution in [2.75, 3.05) is 0 Å². The molecule has 1 atom stereocenters. The Bertz CT molecular complexity index is 322. The number of carbonyl (C=O) groups excluding carboxylic acids is 1. The molecule has 0 saturated carbocycles. The third-order valence-corrected chi connectivity index (χ3v) is 2.14. The van der Waals surface area contributed by atoms with Crippen LogP contribution >= 0.6 is 0 Å². The summed E-state index contributed by atoms with van der Waals surface area (Å²) < 4.78 is 5.33. The standard InChI is InChI=1S/C10H17N3O2/c1-3-7-5-12-9(15-7)6-13-10(14)8(11)4-2/h5,8H,3-4,6,11H2,1-2H3,(H,13,14)/t8-/m0/s1. The van der Waals surface area contributed by atoms with Crippen LogP contribution in [0.15, 0.2) is 10.6 Å². The second-order valence-electron chi connectivity index (χ2n) is 3.31. The maximum Gasteiger partial charge on any atom is 0.237 e. The van der Waals surface area contributed by atoms with Crippen LogP contribution in [0, 0.1) is 0 Å². The highest BCUT2D eigenvalue weighted by Crippen LogP contribution is 2.03. The molecule has 0 spiro atoms. The molecule has 0 radical (unpaired) electrons. The molecule has 1 amide bonds. The van der Waals surface area contributed by atoms with Crippen LogP contribution in [0.25, 0.3) is 0 Å². The first-order chi connectivity index (χ1) is 7.17. The maximum atomic E-state index is 11.3. The van der Waals surface area contributed by atoms with E-state index in [1.165, 1.54) is 0 Å². The predicted octanol–water partition coefficient (Wildman–Crippen LogP) is 0.590. The summed E-state index contributed by atoms with van der Waals surface area (Å²) >= 11 is 0. The van der Waals surface area contributed by atoms with E-state index in [0.29, 0.717) is 18.9 Å². The summed E-state index contributed by atoms with van der Waals surface area (Å²) in [4.78, 5) is 15.3. The van der Waals surface area contributed by atoms with Gasteiger partial charge in [-0.05, 0) is 6.42 Å². The van der Waals surface area contributed by atoms with Crippen LogP contribution in [0.4, 0.5) is 0 Å². The summed E-state index contributed by atoms with van der Waals surface area (Å²) in [6.45, 7) is 4.15. The Morgan fingerprint density at radius 3 is 2.93 bits per heavy atom. The molecule has 0 aliphatic rings. The van der Waals surface area contributed by atoms with Gasteiger partial charge in [-0.2, -0.15) is 0 Å². The number of aryl methyl sites for hydroxylation is 1. The molecule has 84 valence electrons. The van der Waals surface area contributed by atoms with Gasteiger partial charge in [-0.3, -0.25) is 4.79 Å². The van der Waals surface area contributed by atoms with Gasteiger partial charge in [0.25, 0.3) is 0 Å². The number of oxazole rings is 1. The lowest BCUT2D eigenvalue weighted by atomic mass is 10.2. The molecule has 15 heavy (non-hydrogen) atoms. The highest BCUT2D eigenvalue weighted by atomic mass is 16.4. The van der Waals surface area contributed by atoms with Crippen molar-refractivity contribution in [3.05, 3.63) is 17.8 Å². The number of nitrogens with two attached hydrogens (primary N) is 1. The third-order valence-electron chi connectivity index (χ3n) is 2.14. The van der Waals surface area contributed by atoms with Gasteiger partial charge in [0.1, 0.15) is 5.76 Å². The Kier molecular flexibility index (Phi) is 4.30. The quantitative estimate of drug-likeness (QED) is 0.747. The van der Waals surface area contributed by atoms with Crippen LogP contribution in [-0.2, 0) is 17.8 Å². The van der Waals surface area contributed by atoms with Crippen molar-refractivity contribution in [1.82, 2.24) is 10.3 Å². The van der Waals surface area contributed by atoms with Gasteiger partial charge in [-0.1, -0.05) is 13.8 Å². The zero-order valence-electron chi connectivity index (χ0n) is 9.12. The monoisotopic (exact) mass is 211 g/mol. The van der Waals surface area contributed by atoms with Crippen molar-refractivity contribution < 1.29 is 9.21 Å². The molecular weight excluding hydrogens is 194 g/mol. The molecule has 5 nitrogen and oxygen atoms in total. The van der Waals surface area contributed by atoms with E-state index in [1.807, 2.05) is 13.8 Å². The first-order valence-corrected chi connectivity index (χ1v) is 5.14. The van der Waals surface area contributed by atoms with E-state index in [2.05, 4.69) is 10.3 Å². The fourth-order valence-corrected chi connectivity index (χ4v) is 1.07. The van der Waals surface area contributed by atoms with Crippen molar-refractivity contribution in [2.45, 2.75) is 39.3 Å². The SMILES string of the molecule is CCc1cnc(CNC(=O)[C@@H](N)CC)o1. The number of hydrogen-bond acceptors (Lipinski definition) is 4. The minimum absolute atomic E-state index is 0.172. The van der Waals surface area contributed by atoms with Crippen LogP contribution < -0.4 is 11.1 Å². The largest absolute Gasteiger partial charge is 0.444 e. The Balaban J connectivity index is 2.40. The van der Waals surface area contributed by atoms with Gasteiger partial charge in [0.2, 0.25) is 11.8 Å². The molecular formula is C10H17N3O2. The van der Waals surface area contributed by atoms with E-state index in [-0.39, 0.29) is 5.91 Å².